The number of carbonyl (C=O) groups excluding carboxylic acids is 2. The molecule has 0 saturated heterocycles. The first-order chi connectivity index (χ1) is 12.1. The van der Waals surface area contributed by atoms with E-state index in [1.807, 2.05) is 30.3 Å². The van der Waals surface area contributed by atoms with Crippen LogP contribution in [0.4, 0.5) is 4.79 Å². The highest BCUT2D eigenvalue weighted by Gasteiger charge is 2.24. The van der Waals surface area contributed by atoms with Crippen LogP contribution in [0.15, 0.2) is 48.5 Å². The van der Waals surface area contributed by atoms with Gasteiger partial charge >= 0.3 is 12.1 Å². The summed E-state index contributed by atoms with van der Waals surface area (Å²) in [4.78, 5) is 24.3. The molecule has 0 heterocycles. The van der Waals surface area contributed by atoms with Crippen molar-refractivity contribution in [1.82, 2.24) is 5.32 Å². The van der Waals surface area contributed by atoms with Crippen LogP contribution in [-0.2, 0) is 9.47 Å². The van der Waals surface area contributed by atoms with Crippen molar-refractivity contribution < 1.29 is 19.1 Å². The zero-order valence-electron chi connectivity index (χ0n) is 14.1. The number of hydrogen-bond donors (Lipinski definition) is 1. The van der Waals surface area contributed by atoms with Crippen molar-refractivity contribution in [3.63, 3.8) is 0 Å². The first-order valence-electron chi connectivity index (χ1n) is 8.01. The standard InChI is InChI=1S/C19H20ClNO4/c1-3-24-18(22)16-12-14(20)10-11-15(16)17(21-19(23)25-4-2)13-8-6-5-7-9-13/h5-12,17H,3-4H2,1-2H3,(H,21,23). The van der Waals surface area contributed by atoms with E-state index in [0.29, 0.717) is 16.1 Å². The fourth-order valence-electron chi connectivity index (χ4n) is 2.44. The maximum atomic E-state index is 12.3. The molecule has 5 nitrogen and oxygen atoms in total. The quantitative estimate of drug-likeness (QED) is 0.777. The van der Waals surface area contributed by atoms with Crippen molar-refractivity contribution in [2.45, 2.75) is 19.9 Å². The van der Waals surface area contributed by atoms with E-state index < -0.39 is 18.1 Å². The molecule has 132 valence electrons. The molecule has 25 heavy (non-hydrogen) atoms. The second-order valence-electron chi connectivity index (χ2n) is 5.16. The third-order valence-corrected chi connectivity index (χ3v) is 3.73. The van der Waals surface area contributed by atoms with Crippen LogP contribution in [0.1, 0.15) is 41.4 Å². The van der Waals surface area contributed by atoms with Crippen molar-refractivity contribution in [1.29, 1.82) is 0 Å². The zero-order chi connectivity index (χ0) is 18.2. The van der Waals surface area contributed by atoms with Crippen molar-refractivity contribution in [2.75, 3.05) is 13.2 Å². The van der Waals surface area contributed by atoms with E-state index >= 15 is 0 Å². The SMILES string of the molecule is CCOC(=O)NC(c1ccccc1)c1ccc(Cl)cc1C(=O)OCC. The highest BCUT2D eigenvalue weighted by Crippen LogP contribution is 2.28. The highest BCUT2D eigenvalue weighted by molar-refractivity contribution is 6.31. The fourth-order valence-corrected chi connectivity index (χ4v) is 2.61. The molecule has 1 unspecified atom stereocenters. The third kappa shape index (κ3) is 4.97. The summed E-state index contributed by atoms with van der Waals surface area (Å²) in [6.07, 6.45) is -0.568. The number of carbonyl (C=O) groups is 2. The van der Waals surface area contributed by atoms with E-state index in [-0.39, 0.29) is 13.2 Å². The topological polar surface area (TPSA) is 64.6 Å². The molecule has 2 aromatic carbocycles. The molecule has 0 bridgehead atoms. The number of amides is 1. The second-order valence-corrected chi connectivity index (χ2v) is 5.60. The third-order valence-electron chi connectivity index (χ3n) is 3.49. The molecule has 2 rings (SSSR count). The van der Waals surface area contributed by atoms with Gasteiger partial charge in [-0.2, -0.15) is 0 Å². The first-order valence-corrected chi connectivity index (χ1v) is 8.39. The van der Waals surface area contributed by atoms with Crippen LogP contribution in [-0.4, -0.2) is 25.3 Å². The molecule has 6 heteroatoms. The minimum Gasteiger partial charge on any atom is -0.462 e. The van der Waals surface area contributed by atoms with E-state index in [1.165, 1.54) is 6.07 Å². The van der Waals surface area contributed by atoms with Crippen LogP contribution in [0, 0.1) is 0 Å². The number of halogens is 1. The molecular formula is C19H20ClNO4. The molecule has 1 N–H and O–H groups in total. The van der Waals surface area contributed by atoms with E-state index in [2.05, 4.69) is 5.32 Å². The number of nitrogens with one attached hydrogen (secondary N) is 1. The number of alkyl carbamates (subject to hydrolysis) is 1. The van der Waals surface area contributed by atoms with Gasteiger partial charge in [-0.15, -0.1) is 0 Å². The largest absolute Gasteiger partial charge is 0.462 e. The molecule has 0 aliphatic rings. The van der Waals surface area contributed by atoms with Crippen molar-refractivity contribution >= 4 is 23.7 Å². The van der Waals surface area contributed by atoms with Crippen LogP contribution >= 0.6 is 11.6 Å². The van der Waals surface area contributed by atoms with Gasteiger partial charge in [0.2, 0.25) is 0 Å². The summed E-state index contributed by atoms with van der Waals surface area (Å²) >= 11 is 6.05. The normalized spacial score (nSPS) is 11.5. The lowest BCUT2D eigenvalue weighted by atomic mass is 9.94. The van der Waals surface area contributed by atoms with Gasteiger partial charge in [0.1, 0.15) is 0 Å². The average Bonchev–Trinajstić information content (AvgIpc) is 2.61. The molecule has 0 spiro atoms. The number of hydrogen-bond acceptors (Lipinski definition) is 4. The smallest absolute Gasteiger partial charge is 0.407 e. The Kier molecular flexibility index (Phi) is 6.83. The van der Waals surface area contributed by atoms with Crippen LogP contribution in [0.3, 0.4) is 0 Å². The molecule has 0 saturated carbocycles. The number of rotatable bonds is 6. The number of benzene rings is 2. The van der Waals surface area contributed by atoms with Gasteiger partial charge < -0.3 is 14.8 Å². The van der Waals surface area contributed by atoms with E-state index in [1.54, 1.807) is 26.0 Å². The highest BCUT2D eigenvalue weighted by atomic mass is 35.5. The van der Waals surface area contributed by atoms with Gasteiger partial charge in [-0.05, 0) is 37.1 Å². The number of ether oxygens (including phenoxy) is 2. The summed E-state index contributed by atoms with van der Waals surface area (Å²) < 4.78 is 10.1. The summed E-state index contributed by atoms with van der Waals surface area (Å²) in [6, 6.07) is 13.7. The number of esters is 1. The van der Waals surface area contributed by atoms with Gasteiger partial charge in [-0.25, -0.2) is 9.59 Å². The van der Waals surface area contributed by atoms with Gasteiger partial charge in [-0.3, -0.25) is 0 Å². The lowest BCUT2D eigenvalue weighted by Crippen LogP contribution is -2.31. The van der Waals surface area contributed by atoms with Crippen LogP contribution in [0.2, 0.25) is 5.02 Å². The molecular weight excluding hydrogens is 342 g/mol. The Morgan fingerprint density at radius 2 is 1.72 bits per heavy atom. The van der Waals surface area contributed by atoms with E-state index in [0.717, 1.165) is 5.56 Å². The summed E-state index contributed by atoms with van der Waals surface area (Å²) in [7, 11) is 0. The monoisotopic (exact) mass is 361 g/mol. The zero-order valence-corrected chi connectivity index (χ0v) is 14.9. The summed E-state index contributed by atoms with van der Waals surface area (Å²) in [6.45, 7) is 3.95. The molecule has 0 radical (unpaired) electrons. The second kappa shape index (κ2) is 9.08. The Balaban J connectivity index is 2.50. The molecule has 2 aromatic rings. The van der Waals surface area contributed by atoms with Gasteiger partial charge in [0.25, 0.3) is 0 Å². The molecule has 1 atom stereocenters. The maximum absolute atomic E-state index is 12.3. The molecule has 0 aliphatic carbocycles. The Bertz CT molecular complexity index is 733. The van der Waals surface area contributed by atoms with E-state index in [9.17, 15) is 9.59 Å². The van der Waals surface area contributed by atoms with Crippen molar-refractivity contribution in [3.8, 4) is 0 Å². The Morgan fingerprint density at radius 3 is 2.36 bits per heavy atom. The minimum atomic E-state index is -0.572. The minimum absolute atomic E-state index is 0.242. The van der Waals surface area contributed by atoms with Gasteiger partial charge in [-0.1, -0.05) is 48.0 Å². The van der Waals surface area contributed by atoms with Gasteiger partial charge in [0.05, 0.1) is 24.8 Å². The molecule has 0 aromatic heterocycles. The van der Waals surface area contributed by atoms with Gasteiger partial charge in [0.15, 0.2) is 0 Å². The summed E-state index contributed by atoms with van der Waals surface area (Å²) in [5.41, 5.74) is 1.70. The Morgan fingerprint density at radius 1 is 1.04 bits per heavy atom. The predicted molar refractivity (Wildman–Crippen MR) is 95.9 cm³/mol. The molecule has 0 fully saturated rings. The van der Waals surface area contributed by atoms with Crippen LogP contribution < -0.4 is 5.32 Å². The van der Waals surface area contributed by atoms with Gasteiger partial charge in [0, 0.05) is 5.02 Å². The van der Waals surface area contributed by atoms with Crippen LogP contribution in [0.5, 0.6) is 0 Å². The lowest BCUT2D eigenvalue weighted by Gasteiger charge is -2.22. The lowest BCUT2D eigenvalue weighted by molar-refractivity contribution is 0.0524. The first kappa shape index (κ1) is 18.8. The van der Waals surface area contributed by atoms with Crippen LogP contribution in [0.25, 0.3) is 0 Å². The summed E-state index contributed by atoms with van der Waals surface area (Å²) in [5.74, 6) is -0.494. The summed E-state index contributed by atoms with van der Waals surface area (Å²) in [5, 5.41) is 3.21. The van der Waals surface area contributed by atoms with Crippen molar-refractivity contribution in [3.05, 3.63) is 70.2 Å². The average molecular weight is 362 g/mol. The fraction of sp³-hybridized carbons (Fsp3) is 0.263. The Hall–Kier alpha value is -2.53. The maximum Gasteiger partial charge on any atom is 0.407 e. The van der Waals surface area contributed by atoms with Crippen molar-refractivity contribution in [2.24, 2.45) is 0 Å². The molecule has 0 aliphatic heterocycles. The van der Waals surface area contributed by atoms with E-state index in [4.69, 9.17) is 21.1 Å². The molecule has 1 amide bonds. The Labute approximate surface area is 151 Å². The predicted octanol–water partition coefficient (Wildman–Crippen LogP) is 4.35.